The maximum absolute atomic E-state index is 4.66. The van der Waals surface area contributed by atoms with Crippen molar-refractivity contribution in [2.45, 2.75) is 6.92 Å². The molecule has 0 amide bonds. The molecule has 6 aromatic carbocycles. The van der Waals surface area contributed by atoms with Crippen molar-refractivity contribution < 1.29 is 0 Å². The van der Waals surface area contributed by atoms with Crippen LogP contribution in [-0.2, 0) is 0 Å². The molecule has 0 fully saturated rings. The Morgan fingerprint density at radius 2 is 1.24 bits per heavy atom. The minimum Gasteiger partial charge on any atom is -0.278 e. The lowest BCUT2D eigenvalue weighted by molar-refractivity contribution is 1.22. The fourth-order valence-corrected chi connectivity index (χ4v) is 6.61. The van der Waals surface area contributed by atoms with E-state index in [0.717, 1.165) is 11.0 Å². The molecule has 178 valence electrons. The quantitative estimate of drug-likeness (QED) is 0.126. The average Bonchev–Trinajstić information content (AvgIpc) is 3.23. The second-order valence-electron chi connectivity index (χ2n) is 9.74. The van der Waals surface area contributed by atoms with Crippen LogP contribution in [0, 0.1) is 0 Å². The highest BCUT2D eigenvalue weighted by molar-refractivity contribution is 6.36. The summed E-state index contributed by atoms with van der Waals surface area (Å²) in [4.78, 5) is 9.25. The predicted molar refractivity (Wildman–Crippen MR) is 164 cm³/mol. The van der Waals surface area contributed by atoms with Crippen LogP contribution in [0.2, 0.25) is 0 Å². The summed E-state index contributed by atoms with van der Waals surface area (Å²) in [5, 5.41) is 10.1. The third-order valence-electron chi connectivity index (χ3n) is 7.92. The number of benzene rings is 6. The van der Waals surface area contributed by atoms with Crippen LogP contribution in [-0.4, -0.2) is 16.7 Å². The lowest BCUT2D eigenvalue weighted by Crippen LogP contribution is -2.08. The van der Waals surface area contributed by atoms with Crippen molar-refractivity contribution in [3.05, 3.63) is 110 Å². The molecule has 1 heterocycles. The van der Waals surface area contributed by atoms with Crippen molar-refractivity contribution in [1.29, 1.82) is 0 Å². The first-order valence-corrected chi connectivity index (χ1v) is 12.9. The summed E-state index contributed by atoms with van der Waals surface area (Å²) >= 11 is 0. The molecule has 0 atom stereocenters. The fourth-order valence-electron chi connectivity index (χ4n) is 6.61. The molecule has 0 spiro atoms. The maximum atomic E-state index is 4.66. The van der Waals surface area contributed by atoms with Crippen molar-refractivity contribution in [1.82, 2.24) is 4.57 Å². The van der Waals surface area contributed by atoms with Crippen LogP contribution in [0.1, 0.15) is 6.92 Å². The molecule has 8 rings (SSSR count). The summed E-state index contributed by atoms with van der Waals surface area (Å²) in [5.41, 5.74) is 7.29. The smallest absolute Gasteiger partial charge is 0.234 e. The number of hydrogen-bond acceptors (Lipinski definition) is 1. The van der Waals surface area contributed by atoms with Gasteiger partial charge in [0.2, 0.25) is 5.96 Å². The van der Waals surface area contributed by atoms with Crippen LogP contribution >= 0.6 is 0 Å². The molecule has 1 aliphatic carbocycles. The molecule has 0 radical (unpaired) electrons. The van der Waals surface area contributed by atoms with E-state index in [2.05, 4.69) is 118 Å². The zero-order valence-electron chi connectivity index (χ0n) is 20.9. The summed E-state index contributed by atoms with van der Waals surface area (Å²) in [6.45, 7) is 5.78. The number of aromatic nitrogens is 1. The first-order chi connectivity index (χ1) is 18.8. The van der Waals surface area contributed by atoms with Gasteiger partial charge in [-0.15, -0.1) is 0 Å². The first kappa shape index (κ1) is 21.1. The fraction of sp³-hybridized carbons (Fsp3) is 0.0286. The van der Waals surface area contributed by atoms with E-state index in [-0.39, 0.29) is 0 Å². The van der Waals surface area contributed by atoms with E-state index in [1.165, 1.54) is 65.3 Å². The van der Waals surface area contributed by atoms with Gasteiger partial charge in [0.25, 0.3) is 0 Å². The predicted octanol–water partition coefficient (Wildman–Crippen LogP) is 9.34. The van der Waals surface area contributed by atoms with E-state index in [0.29, 0.717) is 5.96 Å². The minimum absolute atomic E-state index is 0.612. The van der Waals surface area contributed by atoms with Gasteiger partial charge in [0.05, 0.1) is 11.0 Å². The largest absolute Gasteiger partial charge is 0.278 e. The zero-order chi connectivity index (χ0) is 25.4. The van der Waals surface area contributed by atoms with E-state index in [1.807, 2.05) is 6.92 Å². The van der Waals surface area contributed by atoms with Gasteiger partial charge in [-0.3, -0.25) is 4.57 Å². The first-order valence-electron chi connectivity index (χ1n) is 12.9. The summed E-state index contributed by atoms with van der Waals surface area (Å²) in [5.74, 6) is 0.612. The summed E-state index contributed by atoms with van der Waals surface area (Å²) < 4.78 is 2.18. The normalized spacial score (nSPS) is 13.0. The lowest BCUT2D eigenvalue weighted by atomic mass is 9.84. The summed E-state index contributed by atoms with van der Waals surface area (Å²) in [6, 6.07) is 35.4. The van der Waals surface area contributed by atoms with Gasteiger partial charge in [-0.1, -0.05) is 91.5 Å². The van der Waals surface area contributed by atoms with Gasteiger partial charge in [0, 0.05) is 23.2 Å². The monoisotopic (exact) mass is 485 g/mol. The Morgan fingerprint density at radius 1 is 0.632 bits per heavy atom. The third-order valence-corrected chi connectivity index (χ3v) is 7.92. The SMILES string of the molecule is C=C/N=C(\N=C/C)n1c2cccc3c2c2c4c(cccc4ccc21)-c1c-3c2ccccc2c2ccccc12. The number of hydrogen-bond donors (Lipinski definition) is 0. The summed E-state index contributed by atoms with van der Waals surface area (Å²) in [7, 11) is 0. The molecule has 0 N–H and O–H groups in total. The van der Waals surface area contributed by atoms with E-state index >= 15 is 0 Å². The molecule has 38 heavy (non-hydrogen) atoms. The summed E-state index contributed by atoms with van der Waals surface area (Å²) in [6.07, 6.45) is 3.36. The van der Waals surface area contributed by atoms with E-state index < -0.39 is 0 Å². The molecule has 0 aliphatic heterocycles. The lowest BCUT2D eigenvalue weighted by Gasteiger charge is -2.19. The number of rotatable bonds is 1. The van der Waals surface area contributed by atoms with Crippen LogP contribution in [0.25, 0.3) is 76.4 Å². The maximum Gasteiger partial charge on any atom is 0.234 e. The minimum atomic E-state index is 0.612. The highest BCUT2D eigenvalue weighted by Gasteiger charge is 2.28. The topological polar surface area (TPSA) is 29.6 Å². The van der Waals surface area contributed by atoms with E-state index in [4.69, 9.17) is 0 Å². The van der Waals surface area contributed by atoms with E-state index in [9.17, 15) is 0 Å². The Hall–Kier alpha value is -5.02. The number of fused-ring (bicyclic) bond motifs is 8. The zero-order valence-corrected chi connectivity index (χ0v) is 20.9. The van der Waals surface area contributed by atoms with Gasteiger partial charge in [0.15, 0.2) is 0 Å². The molecule has 1 aliphatic rings. The van der Waals surface area contributed by atoms with Gasteiger partial charge in [-0.2, -0.15) is 0 Å². The van der Waals surface area contributed by atoms with Crippen LogP contribution < -0.4 is 0 Å². The Bertz CT molecular complexity index is 2210. The Balaban J connectivity index is 1.73. The highest BCUT2D eigenvalue weighted by Crippen LogP contribution is 2.53. The second kappa shape index (κ2) is 7.74. The van der Waals surface area contributed by atoms with E-state index in [1.54, 1.807) is 12.4 Å². The average molecular weight is 486 g/mol. The number of aliphatic imine (C=N–C) groups is 2. The van der Waals surface area contributed by atoms with Crippen LogP contribution in [0.4, 0.5) is 0 Å². The van der Waals surface area contributed by atoms with Gasteiger partial charge in [-0.05, 0) is 73.6 Å². The van der Waals surface area contributed by atoms with Gasteiger partial charge < -0.3 is 0 Å². The van der Waals surface area contributed by atoms with Crippen molar-refractivity contribution in [2.75, 3.05) is 0 Å². The third kappa shape index (κ3) is 2.58. The van der Waals surface area contributed by atoms with Gasteiger partial charge in [0.1, 0.15) is 0 Å². The molecule has 7 aromatic rings. The van der Waals surface area contributed by atoms with Crippen molar-refractivity contribution in [3.8, 4) is 22.3 Å². The Labute approximate surface area is 219 Å². The molecule has 0 unspecified atom stereocenters. The standard InChI is InChI=1S/C35H23N3/c1-3-36-35(37-4-2)38-28-18-10-17-27-32-25-15-8-6-13-23(25)22-12-5-7-14-24(22)31(32)26-16-9-11-21-19-20-29(38)34(30(21)26)33(27)28/h3-20H,1H2,2H3/b36-35+,37-4-. The van der Waals surface area contributed by atoms with Gasteiger partial charge >= 0.3 is 0 Å². The molecule has 0 saturated heterocycles. The van der Waals surface area contributed by atoms with Crippen molar-refractivity contribution in [2.24, 2.45) is 9.98 Å². The molecule has 3 heteroatoms. The Morgan fingerprint density at radius 3 is 1.89 bits per heavy atom. The van der Waals surface area contributed by atoms with Crippen LogP contribution in [0.15, 0.2) is 120 Å². The van der Waals surface area contributed by atoms with Crippen molar-refractivity contribution in [3.63, 3.8) is 0 Å². The molecule has 3 nitrogen and oxygen atoms in total. The van der Waals surface area contributed by atoms with Crippen molar-refractivity contribution >= 4 is 66.3 Å². The highest BCUT2D eigenvalue weighted by atomic mass is 15.2. The number of nitrogens with zero attached hydrogens (tertiary/aromatic N) is 3. The molecular formula is C35H23N3. The van der Waals surface area contributed by atoms with Gasteiger partial charge in [-0.25, -0.2) is 9.98 Å². The second-order valence-corrected chi connectivity index (χ2v) is 9.74. The molecule has 0 bridgehead atoms. The molecular weight excluding hydrogens is 462 g/mol. The molecule has 0 saturated carbocycles. The molecule has 1 aromatic heterocycles. The van der Waals surface area contributed by atoms with Crippen LogP contribution in [0.5, 0.6) is 0 Å². The van der Waals surface area contributed by atoms with Crippen LogP contribution in [0.3, 0.4) is 0 Å². The Kier molecular flexibility index (Phi) is 4.30.